The number of hydrogen-bond acceptors (Lipinski definition) is 4. The van der Waals surface area contributed by atoms with Crippen molar-refractivity contribution in [2.75, 3.05) is 18.6 Å². The maximum absolute atomic E-state index is 12.1. The molecule has 0 bridgehead atoms. The molecular formula is C16H23NO2S. The lowest BCUT2D eigenvalue weighted by atomic mass is 9.93. The van der Waals surface area contributed by atoms with Crippen LogP contribution >= 0.6 is 11.8 Å². The van der Waals surface area contributed by atoms with E-state index in [0.717, 1.165) is 17.2 Å². The van der Waals surface area contributed by atoms with Crippen molar-refractivity contribution in [1.82, 2.24) is 0 Å². The summed E-state index contributed by atoms with van der Waals surface area (Å²) in [6.07, 6.45) is 5.31. The maximum Gasteiger partial charge on any atom is 0.331 e. The normalized spacial score (nSPS) is 18.7. The van der Waals surface area contributed by atoms with Crippen LogP contribution in [0.1, 0.15) is 31.2 Å². The standard InChI is InChI=1S/C16H23NO2S/c1-19-15(18)16(17,14-9-3-2-4-10-14)12-20-11-13-7-5-6-8-13/h2-4,9-10,13H,5-8,11-12,17H2,1H3. The molecule has 0 radical (unpaired) electrons. The van der Waals surface area contributed by atoms with Gasteiger partial charge in [0.1, 0.15) is 5.54 Å². The maximum atomic E-state index is 12.1. The topological polar surface area (TPSA) is 52.3 Å². The lowest BCUT2D eigenvalue weighted by Crippen LogP contribution is -2.48. The molecule has 1 atom stereocenters. The zero-order valence-corrected chi connectivity index (χ0v) is 12.8. The average Bonchev–Trinajstić information content (AvgIpc) is 3.00. The summed E-state index contributed by atoms with van der Waals surface area (Å²) in [5.41, 5.74) is 6.15. The van der Waals surface area contributed by atoms with Gasteiger partial charge in [-0.3, -0.25) is 0 Å². The monoisotopic (exact) mass is 293 g/mol. The fourth-order valence-electron chi connectivity index (χ4n) is 2.74. The Balaban J connectivity index is 2.01. The Morgan fingerprint density at radius 2 is 2.00 bits per heavy atom. The Kier molecular flexibility index (Phi) is 5.49. The molecule has 0 amide bonds. The summed E-state index contributed by atoms with van der Waals surface area (Å²) in [4.78, 5) is 12.1. The van der Waals surface area contributed by atoms with Gasteiger partial charge >= 0.3 is 5.97 Å². The quantitative estimate of drug-likeness (QED) is 0.819. The van der Waals surface area contributed by atoms with Gasteiger partial charge in [0.25, 0.3) is 0 Å². The molecule has 1 aliphatic rings. The van der Waals surface area contributed by atoms with E-state index in [2.05, 4.69) is 0 Å². The highest BCUT2D eigenvalue weighted by molar-refractivity contribution is 7.99. The van der Waals surface area contributed by atoms with Gasteiger partial charge in [-0.1, -0.05) is 43.2 Å². The molecule has 0 spiro atoms. The molecule has 1 saturated carbocycles. The predicted octanol–water partition coefficient (Wildman–Crippen LogP) is 2.94. The van der Waals surface area contributed by atoms with Gasteiger partial charge in [0.2, 0.25) is 0 Å². The molecule has 20 heavy (non-hydrogen) atoms. The Morgan fingerprint density at radius 1 is 1.35 bits per heavy atom. The molecule has 0 aliphatic heterocycles. The lowest BCUT2D eigenvalue weighted by molar-refractivity contribution is -0.146. The number of hydrogen-bond donors (Lipinski definition) is 1. The van der Waals surface area contributed by atoms with Crippen LogP contribution in [0.3, 0.4) is 0 Å². The van der Waals surface area contributed by atoms with E-state index in [1.807, 2.05) is 30.3 Å². The molecular weight excluding hydrogens is 270 g/mol. The molecule has 2 N–H and O–H groups in total. The molecule has 1 unspecified atom stereocenters. The van der Waals surface area contributed by atoms with Crippen molar-refractivity contribution < 1.29 is 9.53 Å². The molecule has 1 aromatic carbocycles. The van der Waals surface area contributed by atoms with Gasteiger partial charge in [-0.15, -0.1) is 0 Å². The number of esters is 1. The molecule has 1 fully saturated rings. The van der Waals surface area contributed by atoms with E-state index in [1.165, 1.54) is 32.8 Å². The van der Waals surface area contributed by atoms with E-state index < -0.39 is 5.54 Å². The van der Waals surface area contributed by atoms with Crippen LogP contribution in [0, 0.1) is 5.92 Å². The third-order valence-corrected chi connectivity index (χ3v) is 5.36. The van der Waals surface area contributed by atoms with Crippen LogP contribution in [0.25, 0.3) is 0 Å². The molecule has 3 nitrogen and oxygen atoms in total. The van der Waals surface area contributed by atoms with Crippen LogP contribution in [-0.2, 0) is 15.1 Å². The van der Waals surface area contributed by atoms with Crippen molar-refractivity contribution in [1.29, 1.82) is 0 Å². The van der Waals surface area contributed by atoms with Gasteiger partial charge in [0.15, 0.2) is 0 Å². The van der Waals surface area contributed by atoms with Crippen molar-refractivity contribution in [2.45, 2.75) is 31.2 Å². The van der Waals surface area contributed by atoms with Crippen LogP contribution in [-0.4, -0.2) is 24.6 Å². The number of carbonyl (C=O) groups is 1. The fraction of sp³-hybridized carbons (Fsp3) is 0.562. The summed E-state index contributed by atoms with van der Waals surface area (Å²) >= 11 is 1.77. The van der Waals surface area contributed by atoms with E-state index in [0.29, 0.717) is 5.75 Å². The van der Waals surface area contributed by atoms with Gasteiger partial charge in [-0.25, -0.2) is 4.79 Å². The lowest BCUT2D eigenvalue weighted by Gasteiger charge is -2.27. The Labute approximate surface area is 125 Å². The Hall–Kier alpha value is -1.00. The number of nitrogens with two attached hydrogens (primary N) is 1. The smallest absolute Gasteiger partial charge is 0.331 e. The summed E-state index contributed by atoms with van der Waals surface area (Å²) in [6, 6.07) is 9.52. The highest BCUT2D eigenvalue weighted by Gasteiger charge is 2.37. The van der Waals surface area contributed by atoms with E-state index in [1.54, 1.807) is 11.8 Å². The summed E-state index contributed by atoms with van der Waals surface area (Å²) in [6.45, 7) is 0. The number of carbonyl (C=O) groups excluding carboxylic acids is 1. The summed E-state index contributed by atoms with van der Waals surface area (Å²) in [5, 5.41) is 0. The van der Waals surface area contributed by atoms with Crippen LogP contribution < -0.4 is 5.73 Å². The summed E-state index contributed by atoms with van der Waals surface area (Å²) < 4.78 is 4.92. The molecule has 110 valence electrons. The number of rotatable bonds is 6. The largest absolute Gasteiger partial charge is 0.467 e. The zero-order valence-electron chi connectivity index (χ0n) is 12.0. The van der Waals surface area contributed by atoms with Crippen LogP contribution in [0.4, 0.5) is 0 Å². The first-order valence-corrected chi connectivity index (χ1v) is 8.33. The minimum atomic E-state index is -1.04. The average molecular weight is 293 g/mol. The first-order valence-electron chi connectivity index (χ1n) is 7.17. The van der Waals surface area contributed by atoms with E-state index in [9.17, 15) is 4.79 Å². The van der Waals surface area contributed by atoms with Gasteiger partial charge in [0.05, 0.1) is 7.11 Å². The van der Waals surface area contributed by atoms with Crippen molar-refractivity contribution in [3.05, 3.63) is 35.9 Å². The van der Waals surface area contributed by atoms with E-state index in [4.69, 9.17) is 10.5 Å². The number of methoxy groups -OCH3 is 1. The minimum absolute atomic E-state index is 0.359. The summed E-state index contributed by atoms with van der Waals surface area (Å²) in [5.74, 6) is 2.09. The Bertz CT molecular complexity index is 431. The zero-order chi connectivity index (χ0) is 14.4. The molecule has 1 aliphatic carbocycles. The molecule has 0 aromatic heterocycles. The second kappa shape index (κ2) is 7.14. The van der Waals surface area contributed by atoms with Gasteiger partial charge < -0.3 is 10.5 Å². The predicted molar refractivity (Wildman–Crippen MR) is 83.6 cm³/mol. The molecule has 1 aromatic rings. The summed E-state index contributed by atoms with van der Waals surface area (Å²) in [7, 11) is 1.40. The third kappa shape index (κ3) is 3.55. The molecule has 0 saturated heterocycles. The second-order valence-electron chi connectivity index (χ2n) is 5.49. The third-order valence-electron chi connectivity index (χ3n) is 4.00. The van der Waals surface area contributed by atoms with Crippen molar-refractivity contribution in [2.24, 2.45) is 11.7 Å². The highest BCUT2D eigenvalue weighted by atomic mass is 32.2. The number of ether oxygens (including phenoxy) is 1. The minimum Gasteiger partial charge on any atom is -0.467 e. The van der Waals surface area contributed by atoms with E-state index in [-0.39, 0.29) is 5.97 Å². The SMILES string of the molecule is COC(=O)C(N)(CSCC1CCCC1)c1ccccc1. The Morgan fingerprint density at radius 3 is 2.60 bits per heavy atom. The van der Waals surface area contributed by atoms with Crippen molar-refractivity contribution in [3.8, 4) is 0 Å². The molecule has 2 rings (SSSR count). The number of thioether (sulfide) groups is 1. The fourth-order valence-corrected chi connectivity index (χ4v) is 4.13. The van der Waals surface area contributed by atoms with Crippen LogP contribution in [0.2, 0.25) is 0 Å². The first kappa shape index (κ1) is 15.4. The van der Waals surface area contributed by atoms with Gasteiger partial charge in [0, 0.05) is 5.75 Å². The highest BCUT2D eigenvalue weighted by Crippen LogP contribution is 2.31. The van der Waals surface area contributed by atoms with Crippen molar-refractivity contribution in [3.63, 3.8) is 0 Å². The van der Waals surface area contributed by atoms with Gasteiger partial charge in [-0.05, 0) is 30.1 Å². The van der Waals surface area contributed by atoms with Gasteiger partial charge in [-0.2, -0.15) is 11.8 Å². The van der Waals surface area contributed by atoms with Crippen LogP contribution in [0.15, 0.2) is 30.3 Å². The second-order valence-corrected chi connectivity index (χ2v) is 6.52. The van der Waals surface area contributed by atoms with Crippen molar-refractivity contribution >= 4 is 17.7 Å². The molecule has 0 heterocycles. The van der Waals surface area contributed by atoms with E-state index >= 15 is 0 Å². The molecule has 4 heteroatoms. The van der Waals surface area contributed by atoms with Crippen LogP contribution in [0.5, 0.6) is 0 Å². The first-order chi connectivity index (χ1) is 9.66. The number of benzene rings is 1.